The van der Waals surface area contributed by atoms with E-state index < -0.39 is 0 Å². The molecule has 0 heterocycles. The predicted octanol–water partition coefficient (Wildman–Crippen LogP) is 9.90. The van der Waals surface area contributed by atoms with Crippen molar-refractivity contribution in [1.82, 2.24) is 0 Å². The van der Waals surface area contributed by atoms with Gasteiger partial charge in [-0.05, 0) is 38.5 Å². The summed E-state index contributed by atoms with van der Waals surface area (Å²) in [4.78, 5) is 10.2. The van der Waals surface area contributed by atoms with E-state index >= 15 is 0 Å². The maximum absolute atomic E-state index is 10.2. The van der Waals surface area contributed by atoms with Crippen LogP contribution in [-0.2, 0) is 4.79 Å². The molecule has 0 saturated heterocycles. The first kappa shape index (κ1) is 28.1. The van der Waals surface area contributed by atoms with Crippen molar-refractivity contribution in [3.63, 3.8) is 0 Å². The largest absolute Gasteiger partial charge is 0.303 e. The third kappa shape index (κ3) is 27.1. The number of unbranched alkanes of at least 4 members (excludes halogenated alkanes) is 19. The van der Waals surface area contributed by atoms with E-state index in [9.17, 15) is 4.79 Å². The number of allylic oxidation sites excluding steroid dienone is 4. The van der Waals surface area contributed by atoms with E-state index in [4.69, 9.17) is 0 Å². The summed E-state index contributed by atoms with van der Waals surface area (Å²) >= 11 is 0. The molecular weight excluding hydrogens is 352 g/mol. The fourth-order valence-electron chi connectivity index (χ4n) is 3.81. The first-order valence-corrected chi connectivity index (χ1v) is 13.2. The Morgan fingerprint density at radius 2 is 0.759 bits per heavy atom. The molecule has 0 bridgehead atoms. The van der Waals surface area contributed by atoms with Crippen molar-refractivity contribution in [3.8, 4) is 0 Å². The maximum Gasteiger partial charge on any atom is 0.119 e. The van der Waals surface area contributed by atoms with Crippen LogP contribution < -0.4 is 0 Å². The van der Waals surface area contributed by atoms with Crippen LogP contribution in [0.2, 0.25) is 0 Å². The van der Waals surface area contributed by atoms with E-state index in [1.165, 1.54) is 122 Å². The molecule has 0 rings (SSSR count). The molecule has 0 aromatic heterocycles. The van der Waals surface area contributed by atoms with Gasteiger partial charge in [-0.3, -0.25) is 0 Å². The molecule has 1 nitrogen and oxygen atoms in total. The molecule has 0 spiro atoms. The lowest BCUT2D eigenvalue weighted by Gasteiger charge is -2.02. The van der Waals surface area contributed by atoms with Crippen molar-refractivity contribution in [1.29, 1.82) is 0 Å². The van der Waals surface area contributed by atoms with E-state index in [2.05, 4.69) is 31.2 Å². The Hall–Kier alpha value is -0.850. The number of carbonyl (C=O) groups is 1. The van der Waals surface area contributed by atoms with E-state index in [1.807, 2.05) is 0 Å². The monoisotopic (exact) mass is 404 g/mol. The zero-order valence-electron chi connectivity index (χ0n) is 19.9. The molecular formula is C28H52O. The number of aldehydes is 1. The second-order valence-corrected chi connectivity index (χ2v) is 8.72. The molecule has 0 N–H and O–H groups in total. The van der Waals surface area contributed by atoms with Crippen molar-refractivity contribution in [3.05, 3.63) is 24.3 Å². The molecule has 0 fully saturated rings. The van der Waals surface area contributed by atoms with Crippen molar-refractivity contribution in [2.45, 2.75) is 148 Å². The van der Waals surface area contributed by atoms with Gasteiger partial charge in [0.1, 0.15) is 6.29 Å². The summed E-state index contributed by atoms with van der Waals surface area (Å²) in [6.45, 7) is 2.28. The summed E-state index contributed by atoms with van der Waals surface area (Å²) in [6.07, 6.45) is 39.5. The fraction of sp³-hybridized carbons (Fsp3) is 0.821. The second-order valence-electron chi connectivity index (χ2n) is 8.72. The van der Waals surface area contributed by atoms with Gasteiger partial charge in [0.15, 0.2) is 0 Å². The molecule has 0 atom stereocenters. The van der Waals surface area contributed by atoms with Crippen LogP contribution in [0.5, 0.6) is 0 Å². The van der Waals surface area contributed by atoms with Gasteiger partial charge in [-0.25, -0.2) is 0 Å². The van der Waals surface area contributed by atoms with Gasteiger partial charge in [0, 0.05) is 6.42 Å². The van der Waals surface area contributed by atoms with Crippen molar-refractivity contribution < 1.29 is 4.79 Å². The molecule has 0 aliphatic heterocycles. The van der Waals surface area contributed by atoms with Crippen LogP contribution in [0, 0.1) is 0 Å². The molecule has 170 valence electrons. The summed E-state index contributed by atoms with van der Waals surface area (Å²) in [5.74, 6) is 0. The lowest BCUT2D eigenvalue weighted by atomic mass is 10.0. The lowest BCUT2D eigenvalue weighted by molar-refractivity contribution is -0.107. The molecule has 0 aromatic rings. The standard InChI is InChI=1S/C28H52O/c1-2-3-4-5-6-7-8-9-10-11-12-13-14-15-16-17-18-19-20-21-22-23-24-25-26-27-28-29/h9-10,12-13,28H,2-8,11,14-27H2,1H3/b10-9+,13-12+. The molecule has 0 aliphatic carbocycles. The SMILES string of the molecule is CCCCCCCC/C=C/C/C=C/CCCCCCCCCCCCCCC=O. The zero-order valence-corrected chi connectivity index (χ0v) is 19.9. The van der Waals surface area contributed by atoms with Gasteiger partial charge in [-0.2, -0.15) is 0 Å². The number of rotatable bonds is 24. The average Bonchev–Trinajstić information content (AvgIpc) is 2.74. The Labute approximate surface area is 183 Å². The second kappa shape index (κ2) is 27.1. The Balaban J connectivity index is 3.13. The van der Waals surface area contributed by atoms with Crippen LogP contribution in [-0.4, -0.2) is 6.29 Å². The van der Waals surface area contributed by atoms with Crippen LogP contribution in [0.15, 0.2) is 24.3 Å². The summed E-state index contributed by atoms with van der Waals surface area (Å²) in [5.41, 5.74) is 0. The normalized spacial score (nSPS) is 11.8. The minimum atomic E-state index is 0.756. The highest BCUT2D eigenvalue weighted by Crippen LogP contribution is 2.13. The van der Waals surface area contributed by atoms with Crippen molar-refractivity contribution in [2.24, 2.45) is 0 Å². The third-order valence-electron chi connectivity index (χ3n) is 5.77. The van der Waals surface area contributed by atoms with Gasteiger partial charge in [-0.15, -0.1) is 0 Å². The van der Waals surface area contributed by atoms with Gasteiger partial charge in [-0.1, -0.05) is 128 Å². The van der Waals surface area contributed by atoms with E-state index in [1.54, 1.807) is 0 Å². The lowest BCUT2D eigenvalue weighted by Crippen LogP contribution is -1.83. The molecule has 29 heavy (non-hydrogen) atoms. The molecule has 0 aromatic carbocycles. The molecule has 0 amide bonds. The van der Waals surface area contributed by atoms with Crippen molar-refractivity contribution in [2.75, 3.05) is 0 Å². The van der Waals surface area contributed by atoms with Gasteiger partial charge >= 0.3 is 0 Å². The molecule has 1 heteroatoms. The highest BCUT2D eigenvalue weighted by Gasteiger charge is 1.94. The molecule has 0 unspecified atom stereocenters. The Bertz CT molecular complexity index is 355. The predicted molar refractivity (Wildman–Crippen MR) is 132 cm³/mol. The Kier molecular flexibility index (Phi) is 26.4. The smallest absolute Gasteiger partial charge is 0.119 e. The Morgan fingerprint density at radius 1 is 0.414 bits per heavy atom. The van der Waals surface area contributed by atoms with Gasteiger partial charge in [0.25, 0.3) is 0 Å². The quantitative estimate of drug-likeness (QED) is 0.0888. The Morgan fingerprint density at radius 3 is 1.14 bits per heavy atom. The summed E-state index contributed by atoms with van der Waals surface area (Å²) in [7, 11) is 0. The van der Waals surface area contributed by atoms with E-state index in [0.29, 0.717) is 0 Å². The summed E-state index contributed by atoms with van der Waals surface area (Å²) in [6, 6.07) is 0. The fourth-order valence-corrected chi connectivity index (χ4v) is 3.81. The van der Waals surface area contributed by atoms with E-state index in [-0.39, 0.29) is 0 Å². The number of hydrogen-bond acceptors (Lipinski definition) is 1. The summed E-state index contributed by atoms with van der Waals surface area (Å²) in [5, 5.41) is 0. The minimum Gasteiger partial charge on any atom is -0.303 e. The minimum absolute atomic E-state index is 0.756. The highest BCUT2D eigenvalue weighted by atomic mass is 16.1. The maximum atomic E-state index is 10.2. The van der Waals surface area contributed by atoms with Crippen LogP contribution in [0.4, 0.5) is 0 Å². The third-order valence-corrected chi connectivity index (χ3v) is 5.77. The first-order valence-electron chi connectivity index (χ1n) is 13.2. The molecule has 0 saturated carbocycles. The first-order chi connectivity index (χ1) is 14.4. The van der Waals surface area contributed by atoms with E-state index in [0.717, 1.165) is 25.5 Å². The average molecular weight is 405 g/mol. The van der Waals surface area contributed by atoms with Gasteiger partial charge in [0.2, 0.25) is 0 Å². The van der Waals surface area contributed by atoms with Crippen LogP contribution in [0.3, 0.4) is 0 Å². The summed E-state index contributed by atoms with van der Waals surface area (Å²) < 4.78 is 0. The number of hydrogen-bond donors (Lipinski definition) is 0. The molecule has 0 radical (unpaired) electrons. The number of carbonyl (C=O) groups excluding carboxylic acids is 1. The molecule has 0 aliphatic rings. The van der Waals surface area contributed by atoms with Gasteiger partial charge in [0.05, 0.1) is 0 Å². The topological polar surface area (TPSA) is 17.1 Å². The highest BCUT2D eigenvalue weighted by molar-refractivity contribution is 5.48. The van der Waals surface area contributed by atoms with Crippen molar-refractivity contribution >= 4 is 6.29 Å². The van der Waals surface area contributed by atoms with Crippen LogP contribution in [0.1, 0.15) is 148 Å². The van der Waals surface area contributed by atoms with Crippen LogP contribution >= 0.6 is 0 Å². The van der Waals surface area contributed by atoms with Crippen LogP contribution in [0.25, 0.3) is 0 Å². The zero-order chi connectivity index (χ0) is 21.1. The van der Waals surface area contributed by atoms with Gasteiger partial charge < -0.3 is 4.79 Å².